The number of methoxy groups -OCH3 is 1. The SMILES string of the molecule is COc1ccccc1C(=O)N1CCc2nc(Cl)n(C)c2C1. The van der Waals surface area contributed by atoms with E-state index >= 15 is 0 Å². The molecule has 0 atom stereocenters. The number of carbonyl (C=O) groups is 1. The van der Waals surface area contributed by atoms with Gasteiger partial charge in [-0.15, -0.1) is 0 Å². The van der Waals surface area contributed by atoms with Gasteiger partial charge in [0.1, 0.15) is 5.75 Å². The van der Waals surface area contributed by atoms with Gasteiger partial charge in [0, 0.05) is 20.0 Å². The van der Waals surface area contributed by atoms with Crippen molar-refractivity contribution in [3.63, 3.8) is 0 Å². The van der Waals surface area contributed by atoms with Gasteiger partial charge in [0.05, 0.1) is 30.6 Å². The molecule has 1 aliphatic heterocycles. The van der Waals surface area contributed by atoms with E-state index in [4.69, 9.17) is 16.3 Å². The lowest BCUT2D eigenvalue weighted by Crippen LogP contribution is -2.36. The Morgan fingerprint density at radius 3 is 2.90 bits per heavy atom. The largest absolute Gasteiger partial charge is 0.496 e. The van der Waals surface area contributed by atoms with Crippen LogP contribution >= 0.6 is 11.6 Å². The number of amides is 1. The number of para-hydroxylation sites is 1. The molecule has 1 aliphatic rings. The first-order valence-electron chi connectivity index (χ1n) is 6.74. The fraction of sp³-hybridized carbons (Fsp3) is 0.333. The van der Waals surface area contributed by atoms with Gasteiger partial charge < -0.3 is 14.2 Å². The number of fused-ring (bicyclic) bond motifs is 1. The van der Waals surface area contributed by atoms with Gasteiger partial charge in [-0.25, -0.2) is 4.98 Å². The van der Waals surface area contributed by atoms with Gasteiger partial charge in [0.2, 0.25) is 5.28 Å². The normalized spacial score (nSPS) is 14.0. The summed E-state index contributed by atoms with van der Waals surface area (Å²) in [5, 5.41) is 0.464. The van der Waals surface area contributed by atoms with Crippen molar-refractivity contribution in [1.29, 1.82) is 0 Å². The molecule has 0 spiro atoms. The summed E-state index contributed by atoms with van der Waals surface area (Å²) in [7, 11) is 3.44. The molecule has 1 aromatic carbocycles. The molecule has 0 saturated heterocycles. The molecule has 1 amide bonds. The van der Waals surface area contributed by atoms with E-state index in [1.54, 1.807) is 24.1 Å². The van der Waals surface area contributed by atoms with Crippen molar-refractivity contribution in [1.82, 2.24) is 14.5 Å². The predicted octanol–water partition coefficient (Wildman–Crippen LogP) is 2.28. The molecule has 3 rings (SSSR count). The summed E-state index contributed by atoms with van der Waals surface area (Å²) >= 11 is 6.04. The van der Waals surface area contributed by atoms with Gasteiger partial charge in [0.15, 0.2) is 0 Å². The third kappa shape index (κ3) is 2.38. The number of halogens is 1. The Labute approximate surface area is 128 Å². The third-order valence-electron chi connectivity index (χ3n) is 3.83. The molecule has 0 aliphatic carbocycles. The van der Waals surface area contributed by atoms with E-state index in [0.29, 0.717) is 29.7 Å². The minimum Gasteiger partial charge on any atom is -0.496 e. The molecule has 6 heteroatoms. The maximum atomic E-state index is 12.7. The number of nitrogens with zero attached hydrogens (tertiary/aromatic N) is 3. The fourth-order valence-corrected chi connectivity index (χ4v) is 2.82. The van der Waals surface area contributed by atoms with E-state index in [9.17, 15) is 4.79 Å². The van der Waals surface area contributed by atoms with Crippen molar-refractivity contribution < 1.29 is 9.53 Å². The Balaban J connectivity index is 1.89. The van der Waals surface area contributed by atoms with Crippen molar-refractivity contribution in [2.24, 2.45) is 7.05 Å². The summed E-state index contributed by atoms with van der Waals surface area (Å²) in [6.45, 7) is 1.15. The van der Waals surface area contributed by atoms with Crippen molar-refractivity contribution in [2.45, 2.75) is 13.0 Å². The standard InChI is InChI=1S/C15H16ClN3O2/c1-18-12-9-19(8-7-11(12)17-15(18)16)14(20)10-5-3-4-6-13(10)21-2/h3-6H,7-9H2,1-2H3. The molecule has 0 bridgehead atoms. The van der Waals surface area contributed by atoms with Crippen molar-refractivity contribution in [3.8, 4) is 5.75 Å². The summed E-state index contributed by atoms with van der Waals surface area (Å²) in [5.41, 5.74) is 2.55. The molecule has 1 aromatic heterocycles. The Bertz CT molecular complexity index is 696. The van der Waals surface area contributed by atoms with Crippen LogP contribution in [0.5, 0.6) is 5.75 Å². The number of benzene rings is 1. The Hall–Kier alpha value is -2.01. The maximum absolute atomic E-state index is 12.7. The fourth-order valence-electron chi connectivity index (χ4n) is 2.62. The van der Waals surface area contributed by atoms with Gasteiger partial charge >= 0.3 is 0 Å². The number of carbonyl (C=O) groups excluding carboxylic acids is 1. The van der Waals surface area contributed by atoms with Crippen LogP contribution in [0.4, 0.5) is 0 Å². The van der Waals surface area contributed by atoms with Gasteiger partial charge in [-0.3, -0.25) is 4.79 Å². The summed E-state index contributed by atoms with van der Waals surface area (Å²) in [4.78, 5) is 18.8. The summed E-state index contributed by atoms with van der Waals surface area (Å²) in [5.74, 6) is 0.562. The second-order valence-corrected chi connectivity index (χ2v) is 5.35. The number of imidazole rings is 1. The Morgan fingerprint density at radius 1 is 1.38 bits per heavy atom. The molecule has 2 heterocycles. The molecule has 0 radical (unpaired) electrons. The molecule has 5 nitrogen and oxygen atoms in total. The number of aromatic nitrogens is 2. The lowest BCUT2D eigenvalue weighted by molar-refractivity contribution is 0.0726. The Morgan fingerprint density at radius 2 is 2.14 bits per heavy atom. The van der Waals surface area contributed by atoms with Crippen LogP contribution in [0.25, 0.3) is 0 Å². The smallest absolute Gasteiger partial charge is 0.257 e. The molecule has 110 valence electrons. The quantitative estimate of drug-likeness (QED) is 0.855. The zero-order chi connectivity index (χ0) is 15.0. The average molecular weight is 306 g/mol. The van der Waals surface area contributed by atoms with E-state index in [0.717, 1.165) is 17.8 Å². The van der Waals surface area contributed by atoms with Gasteiger partial charge in [-0.05, 0) is 23.7 Å². The number of hydrogen-bond donors (Lipinski definition) is 0. The van der Waals surface area contributed by atoms with Crippen LogP contribution < -0.4 is 4.74 Å². The summed E-state index contributed by atoms with van der Waals surface area (Å²) in [6, 6.07) is 7.27. The molecule has 0 N–H and O–H groups in total. The van der Waals surface area contributed by atoms with Crippen molar-refractivity contribution in [2.75, 3.05) is 13.7 Å². The molecule has 0 saturated carbocycles. The van der Waals surface area contributed by atoms with Crippen LogP contribution in [0, 0.1) is 0 Å². The lowest BCUT2D eigenvalue weighted by atomic mass is 10.1. The van der Waals surface area contributed by atoms with Crippen LogP contribution in [0.1, 0.15) is 21.7 Å². The number of rotatable bonds is 2. The van der Waals surface area contributed by atoms with E-state index in [-0.39, 0.29) is 5.91 Å². The molecule has 21 heavy (non-hydrogen) atoms. The van der Waals surface area contributed by atoms with Crippen LogP contribution in [-0.2, 0) is 20.0 Å². The average Bonchev–Trinajstić information content (AvgIpc) is 2.81. The van der Waals surface area contributed by atoms with Crippen LogP contribution in [0.2, 0.25) is 5.28 Å². The number of ether oxygens (including phenoxy) is 1. The predicted molar refractivity (Wildman–Crippen MR) is 79.7 cm³/mol. The third-order valence-corrected chi connectivity index (χ3v) is 4.16. The Kier molecular flexibility index (Phi) is 3.59. The monoisotopic (exact) mass is 305 g/mol. The first kappa shape index (κ1) is 13.9. The summed E-state index contributed by atoms with van der Waals surface area (Å²) < 4.78 is 7.10. The first-order valence-corrected chi connectivity index (χ1v) is 7.12. The zero-order valence-corrected chi connectivity index (χ0v) is 12.7. The lowest BCUT2D eigenvalue weighted by Gasteiger charge is -2.27. The van der Waals surface area contributed by atoms with E-state index in [1.807, 2.05) is 23.7 Å². The molecule has 0 unspecified atom stereocenters. The molecular formula is C15H16ClN3O2. The van der Waals surface area contributed by atoms with Crippen LogP contribution in [0.15, 0.2) is 24.3 Å². The van der Waals surface area contributed by atoms with Gasteiger partial charge in [0.25, 0.3) is 5.91 Å². The first-order chi connectivity index (χ1) is 10.1. The number of hydrogen-bond acceptors (Lipinski definition) is 3. The highest BCUT2D eigenvalue weighted by atomic mass is 35.5. The van der Waals surface area contributed by atoms with Crippen molar-refractivity contribution >= 4 is 17.5 Å². The van der Waals surface area contributed by atoms with E-state index < -0.39 is 0 Å². The second-order valence-electron chi connectivity index (χ2n) is 5.01. The van der Waals surface area contributed by atoms with Gasteiger partial charge in [-0.1, -0.05) is 12.1 Å². The van der Waals surface area contributed by atoms with Crippen LogP contribution in [-0.4, -0.2) is 34.0 Å². The van der Waals surface area contributed by atoms with Crippen molar-refractivity contribution in [3.05, 3.63) is 46.5 Å². The summed E-state index contributed by atoms with van der Waals surface area (Å²) in [6.07, 6.45) is 0.719. The highest BCUT2D eigenvalue weighted by Gasteiger charge is 2.27. The molecule has 2 aromatic rings. The van der Waals surface area contributed by atoms with Crippen LogP contribution in [0.3, 0.4) is 0 Å². The topological polar surface area (TPSA) is 47.4 Å². The molecule has 0 fully saturated rings. The highest BCUT2D eigenvalue weighted by Crippen LogP contribution is 2.25. The van der Waals surface area contributed by atoms with Gasteiger partial charge in [-0.2, -0.15) is 0 Å². The highest BCUT2D eigenvalue weighted by molar-refractivity contribution is 6.28. The van der Waals surface area contributed by atoms with E-state index in [2.05, 4.69) is 4.98 Å². The van der Waals surface area contributed by atoms with E-state index in [1.165, 1.54) is 0 Å². The minimum absolute atomic E-state index is 0.0320. The molecular weight excluding hydrogens is 290 g/mol. The second kappa shape index (κ2) is 5.41. The zero-order valence-electron chi connectivity index (χ0n) is 12.0. The minimum atomic E-state index is -0.0320. The maximum Gasteiger partial charge on any atom is 0.257 e.